The Hall–Kier alpha value is -1.59. The van der Waals surface area contributed by atoms with Crippen LogP contribution in [0.15, 0.2) is 35.9 Å². The monoisotopic (exact) mass is 281 g/mol. The number of hydrogen-bond donors (Lipinski definition) is 0. The number of hydrogen-bond acceptors (Lipinski definition) is 4. The van der Waals surface area contributed by atoms with Crippen molar-refractivity contribution in [3.63, 3.8) is 0 Å². The first-order valence-electron chi connectivity index (χ1n) is 6.17. The van der Waals surface area contributed by atoms with Gasteiger partial charge in [0, 0.05) is 56.1 Å². The van der Waals surface area contributed by atoms with Crippen LogP contribution in [-0.2, 0) is 0 Å². The number of non-ortho nitro benzene ring substituents is 1. The Morgan fingerprint density at radius 3 is 2.37 bits per heavy atom. The summed E-state index contributed by atoms with van der Waals surface area (Å²) in [4.78, 5) is 14.8. The zero-order valence-electron chi connectivity index (χ0n) is 10.5. The Morgan fingerprint density at radius 1 is 1.21 bits per heavy atom. The first kappa shape index (κ1) is 13.8. The lowest BCUT2D eigenvalue weighted by atomic mass is 10.2. The third kappa shape index (κ3) is 3.68. The van der Waals surface area contributed by atoms with Crippen LogP contribution in [-0.4, -0.2) is 42.5 Å². The first-order chi connectivity index (χ1) is 9.20. The third-order valence-electron chi connectivity index (χ3n) is 3.25. The lowest BCUT2D eigenvalue weighted by Crippen LogP contribution is -2.46. The van der Waals surface area contributed by atoms with Gasteiger partial charge < -0.3 is 4.90 Å². The van der Waals surface area contributed by atoms with Gasteiger partial charge in [0.25, 0.3) is 5.69 Å². The Kier molecular flexibility index (Phi) is 4.76. The largest absolute Gasteiger partial charge is 0.369 e. The van der Waals surface area contributed by atoms with Crippen molar-refractivity contribution in [2.75, 3.05) is 37.6 Å². The number of anilines is 1. The molecule has 0 aliphatic carbocycles. The lowest BCUT2D eigenvalue weighted by Gasteiger charge is -2.35. The van der Waals surface area contributed by atoms with Crippen LogP contribution in [0.5, 0.6) is 0 Å². The first-order valence-corrected chi connectivity index (χ1v) is 6.61. The summed E-state index contributed by atoms with van der Waals surface area (Å²) in [7, 11) is 0. The normalized spacial score (nSPS) is 17.0. The number of nitrogens with zero attached hydrogens (tertiary/aromatic N) is 3. The van der Waals surface area contributed by atoms with Crippen LogP contribution in [0, 0.1) is 10.1 Å². The van der Waals surface area contributed by atoms with Gasteiger partial charge in [-0.05, 0) is 12.1 Å². The molecule has 0 saturated carbocycles. The van der Waals surface area contributed by atoms with Crippen molar-refractivity contribution in [2.24, 2.45) is 0 Å². The molecule has 2 rings (SSSR count). The zero-order valence-corrected chi connectivity index (χ0v) is 11.3. The zero-order chi connectivity index (χ0) is 13.7. The molecule has 0 amide bonds. The predicted octanol–water partition coefficient (Wildman–Crippen LogP) is 2.47. The molecule has 0 bridgehead atoms. The van der Waals surface area contributed by atoms with E-state index in [4.69, 9.17) is 11.6 Å². The highest BCUT2D eigenvalue weighted by Gasteiger charge is 2.16. The quantitative estimate of drug-likeness (QED) is 0.628. The molecule has 1 fully saturated rings. The third-order valence-corrected chi connectivity index (χ3v) is 3.43. The van der Waals surface area contributed by atoms with Crippen molar-refractivity contribution in [3.8, 4) is 0 Å². The predicted molar refractivity (Wildman–Crippen MR) is 76.7 cm³/mol. The summed E-state index contributed by atoms with van der Waals surface area (Å²) in [5.74, 6) is 0. The van der Waals surface area contributed by atoms with E-state index in [2.05, 4.69) is 9.80 Å². The van der Waals surface area contributed by atoms with Crippen LogP contribution in [0.25, 0.3) is 0 Å². The summed E-state index contributed by atoms with van der Waals surface area (Å²) in [6, 6.07) is 6.73. The summed E-state index contributed by atoms with van der Waals surface area (Å²) in [6.07, 6.45) is 1.93. The molecule has 0 radical (unpaired) electrons. The number of benzene rings is 1. The number of piperazine rings is 1. The number of nitro groups is 1. The van der Waals surface area contributed by atoms with Crippen molar-refractivity contribution in [1.82, 2.24) is 4.90 Å². The standard InChI is InChI=1S/C13H16ClN3O2/c14-6-1-7-15-8-10-16(11-9-15)12-2-4-13(5-3-12)17(18)19/h1-6H,7-11H2/b6-1+. The van der Waals surface area contributed by atoms with Gasteiger partial charge in [-0.3, -0.25) is 15.0 Å². The van der Waals surface area contributed by atoms with E-state index in [-0.39, 0.29) is 10.6 Å². The summed E-state index contributed by atoms with van der Waals surface area (Å²) in [5, 5.41) is 10.6. The van der Waals surface area contributed by atoms with Gasteiger partial charge in [-0.1, -0.05) is 17.7 Å². The van der Waals surface area contributed by atoms with E-state index in [0.717, 1.165) is 38.4 Å². The summed E-state index contributed by atoms with van der Waals surface area (Å²) in [5.41, 5.74) is 2.72. The van der Waals surface area contributed by atoms with Crippen LogP contribution in [0.3, 0.4) is 0 Å². The van der Waals surface area contributed by atoms with E-state index in [1.54, 1.807) is 17.7 Å². The van der Waals surface area contributed by atoms with E-state index in [1.807, 2.05) is 18.2 Å². The van der Waals surface area contributed by atoms with Crippen LogP contribution in [0.2, 0.25) is 0 Å². The summed E-state index contributed by atoms with van der Waals surface area (Å²) >= 11 is 5.51. The maximum atomic E-state index is 10.6. The van der Waals surface area contributed by atoms with Gasteiger partial charge in [0.05, 0.1) is 4.92 Å². The fourth-order valence-electron chi connectivity index (χ4n) is 2.16. The summed E-state index contributed by atoms with van der Waals surface area (Å²) < 4.78 is 0. The highest BCUT2D eigenvalue weighted by molar-refractivity contribution is 6.25. The lowest BCUT2D eigenvalue weighted by molar-refractivity contribution is -0.384. The molecule has 0 atom stereocenters. The molecule has 1 aromatic rings. The molecule has 0 N–H and O–H groups in total. The smallest absolute Gasteiger partial charge is 0.269 e. The summed E-state index contributed by atoms with van der Waals surface area (Å²) in [6.45, 7) is 4.66. The molecule has 5 nitrogen and oxygen atoms in total. The molecular weight excluding hydrogens is 266 g/mol. The number of halogens is 1. The number of nitro benzene ring substituents is 1. The van der Waals surface area contributed by atoms with E-state index in [9.17, 15) is 10.1 Å². The van der Waals surface area contributed by atoms with Gasteiger partial charge in [-0.2, -0.15) is 0 Å². The van der Waals surface area contributed by atoms with Gasteiger partial charge in [-0.25, -0.2) is 0 Å². The molecule has 1 saturated heterocycles. The van der Waals surface area contributed by atoms with E-state index >= 15 is 0 Å². The fraction of sp³-hybridized carbons (Fsp3) is 0.385. The van der Waals surface area contributed by atoms with Crippen LogP contribution < -0.4 is 4.90 Å². The van der Waals surface area contributed by atoms with Crippen molar-refractivity contribution < 1.29 is 4.92 Å². The minimum Gasteiger partial charge on any atom is -0.369 e. The Balaban J connectivity index is 1.92. The Bertz CT molecular complexity index is 453. The molecular formula is C13H16ClN3O2. The molecule has 0 unspecified atom stereocenters. The topological polar surface area (TPSA) is 49.6 Å². The second-order valence-electron chi connectivity index (χ2n) is 4.42. The van der Waals surface area contributed by atoms with Crippen molar-refractivity contribution in [3.05, 3.63) is 46.0 Å². The van der Waals surface area contributed by atoms with Gasteiger partial charge in [-0.15, -0.1) is 0 Å². The maximum absolute atomic E-state index is 10.6. The molecule has 1 aromatic carbocycles. The second-order valence-corrected chi connectivity index (χ2v) is 4.67. The minimum atomic E-state index is -0.375. The molecule has 1 aliphatic heterocycles. The molecule has 6 heteroatoms. The van der Waals surface area contributed by atoms with Crippen molar-refractivity contribution in [1.29, 1.82) is 0 Å². The SMILES string of the molecule is O=[N+]([O-])c1ccc(N2CCN(C/C=C/Cl)CC2)cc1. The average Bonchev–Trinajstić information content (AvgIpc) is 2.46. The minimum absolute atomic E-state index is 0.134. The second kappa shape index (κ2) is 6.54. The highest BCUT2D eigenvalue weighted by Crippen LogP contribution is 2.20. The highest BCUT2D eigenvalue weighted by atomic mass is 35.5. The molecule has 19 heavy (non-hydrogen) atoms. The van der Waals surface area contributed by atoms with Gasteiger partial charge >= 0.3 is 0 Å². The van der Waals surface area contributed by atoms with Crippen LogP contribution >= 0.6 is 11.6 Å². The average molecular weight is 282 g/mol. The molecule has 1 aliphatic rings. The maximum Gasteiger partial charge on any atom is 0.269 e. The van der Waals surface area contributed by atoms with Crippen molar-refractivity contribution in [2.45, 2.75) is 0 Å². The molecule has 102 valence electrons. The van der Waals surface area contributed by atoms with Gasteiger partial charge in [0.2, 0.25) is 0 Å². The van der Waals surface area contributed by atoms with E-state index in [1.165, 1.54) is 0 Å². The van der Waals surface area contributed by atoms with Crippen LogP contribution in [0.1, 0.15) is 0 Å². The fourth-order valence-corrected chi connectivity index (χ4v) is 2.24. The molecule has 1 heterocycles. The number of rotatable bonds is 4. The van der Waals surface area contributed by atoms with Gasteiger partial charge in [0.15, 0.2) is 0 Å². The molecule has 0 aromatic heterocycles. The molecule has 0 spiro atoms. The van der Waals surface area contributed by atoms with Gasteiger partial charge in [0.1, 0.15) is 0 Å². The Morgan fingerprint density at radius 2 is 1.84 bits per heavy atom. The van der Waals surface area contributed by atoms with E-state index in [0.29, 0.717) is 0 Å². The van der Waals surface area contributed by atoms with E-state index < -0.39 is 0 Å². The Labute approximate surface area is 117 Å². The van der Waals surface area contributed by atoms with Crippen LogP contribution in [0.4, 0.5) is 11.4 Å². The van der Waals surface area contributed by atoms with Crippen molar-refractivity contribution >= 4 is 23.0 Å².